The van der Waals surface area contributed by atoms with Gasteiger partial charge in [-0.3, -0.25) is 4.99 Å². The number of furan rings is 1. The van der Waals surface area contributed by atoms with E-state index in [1.165, 1.54) is 55.2 Å². The molecule has 0 fully saturated rings. The lowest BCUT2D eigenvalue weighted by Crippen LogP contribution is -2.39. The van der Waals surface area contributed by atoms with Crippen LogP contribution in [0.5, 0.6) is 0 Å². The molecule has 1 atom stereocenters. The highest BCUT2D eigenvalue weighted by Crippen LogP contribution is 2.53. The molecule has 2 aromatic heterocycles. The quantitative estimate of drug-likeness (QED) is 0.196. The first-order valence-electron chi connectivity index (χ1n) is 19.7. The Morgan fingerprint density at radius 1 is 0.579 bits per heavy atom. The monoisotopic (exact) mass is 731 g/mol. The number of para-hydroxylation sites is 3. The fourth-order valence-electron chi connectivity index (χ4n) is 9.70. The molecule has 1 N–H and O–H groups in total. The maximum atomic E-state index is 6.96. The Labute approximate surface area is 329 Å². The van der Waals surface area contributed by atoms with Gasteiger partial charge in [0.15, 0.2) is 5.58 Å². The van der Waals surface area contributed by atoms with Gasteiger partial charge in [-0.25, -0.2) is 0 Å². The second-order valence-electron chi connectivity index (χ2n) is 15.9. The van der Waals surface area contributed by atoms with Gasteiger partial charge >= 0.3 is 0 Å². The number of aromatic nitrogens is 1. The smallest absolute Gasteiger partial charge is 0.159 e. The van der Waals surface area contributed by atoms with Crippen LogP contribution in [0.15, 0.2) is 185 Å². The fraction of sp³-hybridized carbons (Fsp3) is 0.0755. The minimum atomic E-state index is -0.285. The summed E-state index contributed by atoms with van der Waals surface area (Å²) in [6, 6.07) is 63.2. The molecule has 270 valence electrons. The summed E-state index contributed by atoms with van der Waals surface area (Å²) in [4.78, 5) is 5.22. The number of nitrogens with zero attached hydrogens (tertiary/aromatic N) is 2. The number of nitrogens with one attached hydrogen (secondary N) is 1. The third-order valence-corrected chi connectivity index (χ3v) is 12.4. The summed E-state index contributed by atoms with van der Waals surface area (Å²) in [6.45, 7) is 4.70. The van der Waals surface area contributed by atoms with E-state index >= 15 is 0 Å². The van der Waals surface area contributed by atoms with Gasteiger partial charge in [0.1, 0.15) is 11.7 Å². The zero-order valence-electron chi connectivity index (χ0n) is 31.6. The summed E-state index contributed by atoms with van der Waals surface area (Å²) in [5.74, 6) is 0. The Hall–Kier alpha value is -7.17. The Morgan fingerprint density at radius 2 is 1.32 bits per heavy atom. The second kappa shape index (κ2) is 11.9. The number of rotatable bonds is 4. The molecule has 0 bridgehead atoms. The summed E-state index contributed by atoms with van der Waals surface area (Å²) in [6.07, 6.45) is -0.285. The fourth-order valence-corrected chi connectivity index (χ4v) is 9.70. The predicted octanol–water partition coefficient (Wildman–Crippen LogP) is 11.7. The van der Waals surface area contributed by atoms with Crippen LogP contribution in [0.3, 0.4) is 0 Å². The summed E-state index contributed by atoms with van der Waals surface area (Å²) in [7, 11) is 0. The Morgan fingerprint density at radius 3 is 2.21 bits per heavy atom. The molecular formula is C53H37N3O. The molecule has 2 aliphatic rings. The molecule has 4 nitrogen and oxygen atoms in total. The van der Waals surface area contributed by atoms with Gasteiger partial charge < -0.3 is 14.3 Å². The molecule has 0 spiro atoms. The van der Waals surface area contributed by atoms with Crippen molar-refractivity contribution in [1.29, 1.82) is 0 Å². The van der Waals surface area contributed by atoms with Crippen molar-refractivity contribution < 1.29 is 4.42 Å². The molecule has 8 aromatic carbocycles. The third-order valence-electron chi connectivity index (χ3n) is 12.4. The SMILES string of the molecule is CC1(C)c2ccccc2-c2c1ccc1c2c2ccccc2n1-c1cccc2c1oc1cc(C3N=c4ccccc4=C(c4ccc(-c5ccccc5)cc4)N3)ccc12. The van der Waals surface area contributed by atoms with Gasteiger partial charge in [0.05, 0.1) is 27.8 Å². The van der Waals surface area contributed by atoms with E-state index in [0.29, 0.717) is 0 Å². The van der Waals surface area contributed by atoms with Crippen molar-refractivity contribution in [3.8, 4) is 27.9 Å². The van der Waals surface area contributed by atoms with Gasteiger partial charge in [0, 0.05) is 37.7 Å². The van der Waals surface area contributed by atoms with Crippen LogP contribution in [0.4, 0.5) is 0 Å². The molecule has 4 heteroatoms. The topological polar surface area (TPSA) is 42.5 Å². The zero-order valence-corrected chi connectivity index (χ0v) is 31.6. The van der Waals surface area contributed by atoms with E-state index in [1.807, 2.05) is 0 Å². The highest BCUT2D eigenvalue weighted by molar-refractivity contribution is 6.19. The molecule has 12 rings (SSSR count). The van der Waals surface area contributed by atoms with E-state index in [4.69, 9.17) is 9.41 Å². The molecule has 1 aliphatic heterocycles. The molecule has 57 heavy (non-hydrogen) atoms. The van der Waals surface area contributed by atoms with Crippen LogP contribution in [0, 0.1) is 0 Å². The number of hydrogen-bond acceptors (Lipinski definition) is 3. The van der Waals surface area contributed by atoms with Gasteiger partial charge in [-0.05, 0) is 69.3 Å². The molecule has 0 saturated carbocycles. The normalized spacial score (nSPS) is 15.4. The molecule has 3 heterocycles. The van der Waals surface area contributed by atoms with E-state index < -0.39 is 0 Å². The minimum Gasteiger partial charge on any atom is -0.454 e. The largest absolute Gasteiger partial charge is 0.454 e. The van der Waals surface area contributed by atoms with Crippen LogP contribution in [-0.2, 0) is 5.41 Å². The van der Waals surface area contributed by atoms with Crippen LogP contribution < -0.4 is 15.9 Å². The second-order valence-corrected chi connectivity index (χ2v) is 15.9. The molecule has 1 unspecified atom stereocenters. The van der Waals surface area contributed by atoms with Gasteiger partial charge in [0.25, 0.3) is 0 Å². The van der Waals surface area contributed by atoms with Gasteiger partial charge in [0.2, 0.25) is 0 Å². The van der Waals surface area contributed by atoms with Crippen LogP contribution in [0.1, 0.15) is 42.3 Å². The van der Waals surface area contributed by atoms with Crippen LogP contribution in [-0.4, -0.2) is 4.57 Å². The maximum Gasteiger partial charge on any atom is 0.159 e. The summed E-state index contributed by atoms with van der Waals surface area (Å²) in [5.41, 5.74) is 16.1. The van der Waals surface area contributed by atoms with Crippen molar-refractivity contribution in [2.45, 2.75) is 25.4 Å². The van der Waals surface area contributed by atoms with Crippen molar-refractivity contribution >= 4 is 49.4 Å². The first kappa shape index (κ1) is 32.1. The van der Waals surface area contributed by atoms with Crippen LogP contribution >= 0.6 is 0 Å². The molecule has 0 amide bonds. The molecule has 0 saturated heterocycles. The van der Waals surface area contributed by atoms with E-state index in [9.17, 15) is 0 Å². The van der Waals surface area contributed by atoms with E-state index in [-0.39, 0.29) is 11.6 Å². The lowest BCUT2D eigenvalue weighted by molar-refractivity contribution is 0.629. The van der Waals surface area contributed by atoms with Gasteiger partial charge in [-0.2, -0.15) is 0 Å². The first-order valence-corrected chi connectivity index (χ1v) is 19.7. The van der Waals surface area contributed by atoms with Crippen LogP contribution in [0.2, 0.25) is 0 Å². The molecule has 1 aliphatic carbocycles. The zero-order chi connectivity index (χ0) is 37.8. The maximum absolute atomic E-state index is 6.96. The van der Waals surface area contributed by atoms with Crippen molar-refractivity contribution in [3.63, 3.8) is 0 Å². The van der Waals surface area contributed by atoms with Gasteiger partial charge in [-0.1, -0.05) is 159 Å². The molecule has 0 radical (unpaired) electrons. The summed E-state index contributed by atoms with van der Waals surface area (Å²) < 4.78 is 9.36. The average Bonchev–Trinajstić information content (AvgIpc) is 3.89. The van der Waals surface area contributed by atoms with Crippen molar-refractivity contribution in [2.75, 3.05) is 0 Å². The number of benzene rings is 8. The number of hydrogen-bond donors (Lipinski definition) is 1. The number of fused-ring (bicyclic) bond motifs is 11. The first-order chi connectivity index (χ1) is 28.0. The van der Waals surface area contributed by atoms with Crippen molar-refractivity contribution in [1.82, 2.24) is 9.88 Å². The van der Waals surface area contributed by atoms with E-state index in [2.05, 4.69) is 200 Å². The van der Waals surface area contributed by atoms with Crippen molar-refractivity contribution in [2.24, 2.45) is 4.99 Å². The Balaban J connectivity index is 0.991. The highest BCUT2D eigenvalue weighted by atomic mass is 16.3. The molecule has 10 aromatic rings. The Kier molecular flexibility index (Phi) is 6.71. The average molecular weight is 732 g/mol. The van der Waals surface area contributed by atoms with Crippen LogP contribution in [0.25, 0.3) is 77.4 Å². The summed E-state index contributed by atoms with van der Waals surface area (Å²) in [5, 5.41) is 10.6. The van der Waals surface area contributed by atoms with Gasteiger partial charge in [-0.15, -0.1) is 0 Å². The minimum absolute atomic E-state index is 0.0765. The van der Waals surface area contributed by atoms with Crippen molar-refractivity contribution in [3.05, 3.63) is 209 Å². The van der Waals surface area contributed by atoms with E-state index in [0.717, 1.165) is 55.0 Å². The lowest BCUT2D eigenvalue weighted by Gasteiger charge is -2.23. The lowest BCUT2D eigenvalue weighted by atomic mass is 9.82. The highest BCUT2D eigenvalue weighted by Gasteiger charge is 2.37. The predicted molar refractivity (Wildman–Crippen MR) is 233 cm³/mol. The molecular weight excluding hydrogens is 695 g/mol. The Bertz CT molecular complexity index is 3410. The standard InChI is InChI=1S/C53H37N3O/c1-53(2)41-19-9-6-15-38(41)48-42(53)29-30-45-49(48)40-17-8-11-21-44(40)56(45)46-22-12-18-37-36-28-27-35(31-47(36)57-51(37)46)52-54-43-20-10-7-16-39(43)50(55-52)34-25-23-33(24-26-34)32-13-4-3-5-14-32/h3-31,52,55H,1-2H3. The third kappa shape index (κ3) is 4.65. The summed E-state index contributed by atoms with van der Waals surface area (Å²) >= 11 is 0. The van der Waals surface area contributed by atoms with E-state index in [1.54, 1.807) is 0 Å².